The average Bonchev–Trinajstić information content (AvgIpc) is 2.42. The van der Waals surface area contributed by atoms with Crippen molar-refractivity contribution in [3.63, 3.8) is 0 Å². The third-order valence-corrected chi connectivity index (χ3v) is 6.09. The molecule has 0 amide bonds. The second-order valence-electron chi connectivity index (χ2n) is 4.39. The van der Waals surface area contributed by atoms with Gasteiger partial charge in [-0.2, -0.15) is 0 Å². The Bertz CT molecular complexity index is 663. The molecule has 0 aliphatic rings. The van der Waals surface area contributed by atoms with E-state index >= 15 is 0 Å². The van der Waals surface area contributed by atoms with E-state index in [9.17, 15) is 0 Å². The van der Waals surface area contributed by atoms with Crippen LogP contribution < -0.4 is 7.22 Å². The van der Waals surface area contributed by atoms with Crippen molar-refractivity contribution in [3.8, 4) is 0 Å². The van der Waals surface area contributed by atoms with Crippen molar-refractivity contribution in [2.45, 2.75) is 6.92 Å². The summed E-state index contributed by atoms with van der Waals surface area (Å²) in [6.07, 6.45) is 0. The molecular formula is C17H14Te. The van der Waals surface area contributed by atoms with E-state index in [-0.39, 0.29) is 20.9 Å². The SMILES string of the molecule is Cc1ccc([Te]c2cccc3ccccc23)cc1. The molecule has 0 spiro atoms. The van der Waals surface area contributed by atoms with Gasteiger partial charge in [-0.15, -0.1) is 0 Å². The first kappa shape index (κ1) is 11.8. The van der Waals surface area contributed by atoms with Gasteiger partial charge in [0.2, 0.25) is 0 Å². The van der Waals surface area contributed by atoms with Gasteiger partial charge in [0, 0.05) is 0 Å². The summed E-state index contributed by atoms with van der Waals surface area (Å²) >= 11 is -0.284. The van der Waals surface area contributed by atoms with Crippen LogP contribution in [0.4, 0.5) is 0 Å². The van der Waals surface area contributed by atoms with Crippen LogP contribution in [0.3, 0.4) is 0 Å². The van der Waals surface area contributed by atoms with Crippen LogP contribution in [0, 0.1) is 6.92 Å². The first-order valence-electron chi connectivity index (χ1n) is 6.05. The third-order valence-electron chi connectivity index (χ3n) is 3.00. The van der Waals surface area contributed by atoms with E-state index in [0.29, 0.717) is 0 Å². The second-order valence-corrected chi connectivity index (χ2v) is 7.58. The maximum atomic E-state index is 2.28. The molecule has 0 aliphatic heterocycles. The van der Waals surface area contributed by atoms with Gasteiger partial charge in [0.15, 0.2) is 0 Å². The minimum absolute atomic E-state index is 0.284. The molecule has 0 bridgehead atoms. The van der Waals surface area contributed by atoms with Crippen LogP contribution in [0.1, 0.15) is 5.56 Å². The second kappa shape index (κ2) is 5.14. The summed E-state index contributed by atoms with van der Waals surface area (Å²) in [6, 6.07) is 24.3. The summed E-state index contributed by atoms with van der Waals surface area (Å²) in [5.41, 5.74) is 1.34. The number of benzene rings is 3. The summed E-state index contributed by atoms with van der Waals surface area (Å²) in [7, 11) is 0. The Morgan fingerprint density at radius 3 is 2.28 bits per heavy atom. The molecule has 0 atom stereocenters. The van der Waals surface area contributed by atoms with E-state index in [1.807, 2.05) is 0 Å². The van der Waals surface area contributed by atoms with Crippen molar-refractivity contribution in [2.24, 2.45) is 0 Å². The molecule has 0 saturated carbocycles. The first-order valence-corrected chi connectivity index (χ1v) is 8.38. The fraction of sp³-hybridized carbons (Fsp3) is 0.0588. The number of aryl methyl sites for hydroxylation is 1. The van der Waals surface area contributed by atoms with Crippen molar-refractivity contribution in [1.82, 2.24) is 0 Å². The van der Waals surface area contributed by atoms with Crippen molar-refractivity contribution in [2.75, 3.05) is 0 Å². The van der Waals surface area contributed by atoms with Gasteiger partial charge in [0.05, 0.1) is 0 Å². The normalized spacial score (nSPS) is 10.7. The van der Waals surface area contributed by atoms with Gasteiger partial charge in [-0.3, -0.25) is 0 Å². The molecule has 0 saturated heterocycles. The molecule has 0 nitrogen and oxygen atoms in total. The molecule has 88 valence electrons. The van der Waals surface area contributed by atoms with E-state index in [1.54, 1.807) is 0 Å². The van der Waals surface area contributed by atoms with Gasteiger partial charge in [-0.1, -0.05) is 0 Å². The van der Waals surface area contributed by atoms with Crippen LogP contribution >= 0.6 is 0 Å². The molecule has 0 fully saturated rings. The van der Waals surface area contributed by atoms with Crippen LogP contribution in [0.5, 0.6) is 0 Å². The Labute approximate surface area is 118 Å². The maximum absolute atomic E-state index is 2.28. The molecular weight excluding hydrogens is 332 g/mol. The van der Waals surface area contributed by atoms with Gasteiger partial charge < -0.3 is 0 Å². The standard InChI is InChI=1S/C17H14Te/c1-13-9-11-15(12-10-13)18-17-8-4-6-14-5-2-3-7-16(14)17/h2-12H,1H3. The van der Waals surface area contributed by atoms with Gasteiger partial charge in [-0.05, 0) is 0 Å². The van der Waals surface area contributed by atoms with Crippen LogP contribution in [0.15, 0.2) is 66.7 Å². The molecule has 18 heavy (non-hydrogen) atoms. The topological polar surface area (TPSA) is 0 Å². The molecule has 0 aliphatic carbocycles. The first-order chi connectivity index (χ1) is 8.83. The summed E-state index contributed by atoms with van der Waals surface area (Å²) < 4.78 is 3.03. The Morgan fingerprint density at radius 1 is 0.722 bits per heavy atom. The van der Waals surface area contributed by atoms with Gasteiger partial charge in [0.25, 0.3) is 0 Å². The van der Waals surface area contributed by atoms with E-state index < -0.39 is 0 Å². The van der Waals surface area contributed by atoms with Crippen LogP contribution in [0.2, 0.25) is 0 Å². The van der Waals surface area contributed by atoms with Gasteiger partial charge in [0.1, 0.15) is 0 Å². The van der Waals surface area contributed by atoms with Crippen molar-refractivity contribution < 1.29 is 0 Å². The van der Waals surface area contributed by atoms with E-state index in [4.69, 9.17) is 0 Å². The van der Waals surface area contributed by atoms with Crippen LogP contribution in [-0.4, -0.2) is 20.9 Å². The molecule has 0 N–H and O–H groups in total. The Kier molecular flexibility index (Phi) is 3.37. The summed E-state index contributed by atoms with van der Waals surface area (Å²) in [6.45, 7) is 2.14. The third kappa shape index (κ3) is 2.43. The van der Waals surface area contributed by atoms with E-state index in [0.717, 1.165) is 0 Å². The van der Waals surface area contributed by atoms with E-state index in [2.05, 4.69) is 73.7 Å². The summed E-state index contributed by atoms with van der Waals surface area (Å²) in [5, 5.41) is 2.77. The Balaban J connectivity index is 2.02. The monoisotopic (exact) mass is 348 g/mol. The fourth-order valence-electron chi connectivity index (χ4n) is 2.02. The zero-order chi connectivity index (χ0) is 12.4. The van der Waals surface area contributed by atoms with Crippen molar-refractivity contribution >= 4 is 38.9 Å². The molecule has 3 aromatic carbocycles. The fourth-order valence-corrected chi connectivity index (χ4v) is 4.78. The van der Waals surface area contributed by atoms with Crippen LogP contribution in [-0.2, 0) is 0 Å². The molecule has 0 heterocycles. The van der Waals surface area contributed by atoms with Crippen molar-refractivity contribution in [3.05, 3.63) is 72.3 Å². The number of hydrogen-bond acceptors (Lipinski definition) is 0. The predicted molar refractivity (Wildman–Crippen MR) is 80.1 cm³/mol. The van der Waals surface area contributed by atoms with Crippen molar-refractivity contribution in [1.29, 1.82) is 0 Å². The Hall–Kier alpha value is -1.29. The quantitative estimate of drug-likeness (QED) is 0.627. The summed E-state index contributed by atoms with van der Waals surface area (Å²) in [5.74, 6) is 0. The van der Waals surface area contributed by atoms with E-state index in [1.165, 1.54) is 23.6 Å². The average molecular weight is 346 g/mol. The molecule has 0 aromatic heterocycles. The molecule has 0 radical (unpaired) electrons. The molecule has 3 aromatic rings. The minimum atomic E-state index is -0.284. The number of fused-ring (bicyclic) bond motifs is 1. The number of rotatable bonds is 2. The molecule has 3 rings (SSSR count). The molecule has 0 unspecified atom stereocenters. The number of hydrogen-bond donors (Lipinski definition) is 0. The van der Waals surface area contributed by atoms with Crippen LogP contribution in [0.25, 0.3) is 10.8 Å². The molecule has 1 heteroatoms. The Morgan fingerprint density at radius 2 is 1.44 bits per heavy atom. The van der Waals surface area contributed by atoms with Gasteiger partial charge in [-0.25, -0.2) is 0 Å². The summed E-state index contributed by atoms with van der Waals surface area (Å²) in [4.78, 5) is 0. The predicted octanol–water partition coefficient (Wildman–Crippen LogP) is 2.80. The zero-order valence-electron chi connectivity index (χ0n) is 10.3. The van der Waals surface area contributed by atoms with Gasteiger partial charge >= 0.3 is 118 Å². The zero-order valence-corrected chi connectivity index (χ0v) is 12.6.